The van der Waals surface area contributed by atoms with Crippen LogP contribution < -0.4 is 9.47 Å². The lowest BCUT2D eigenvalue weighted by Crippen LogP contribution is -2.40. The summed E-state index contributed by atoms with van der Waals surface area (Å²) >= 11 is 0. The summed E-state index contributed by atoms with van der Waals surface area (Å²) in [5.74, 6) is 2.24. The number of piperidine rings is 1. The third-order valence-electron chi connectivity index (χ3n) is 4.98. The molecule has 0 bridgehead atoms. The highest BCUT2D eigenvalue weighted by atomic mass is 16.6. The van der Waals surface area contributed by atoms with Gasteiger partial charge in [0.25, 0.3) is 0 Å². The lowest BCUT2D eigenvalue weighted by molar-refractivity contribution is -0.132. The average Bonchev–Trinajstić information content (AvgIpc) is 2.65. The number of fused-ring (bicyclic) bond motifs is 1. The summed E-state index contributed by atoms with van der Waals surface area (Å²) in [6.07, 6.45) is 3.01. The van der Waals surface area contributed by atoms with Gasteiger partial charge in [0, 0.05) is 31.0 Å². The summed E-state index contributed by atoms with van der Waals surface area (Å²) in [5, 5.41) is 0. The number of carbonyl (C=O) groups excluding carboxylic acids is 2. The highest BCUT2D eigenvalue weighted by Gasteiger charge is 2.28. The maximum absolute atomic E-state index is 12.8. The first-order chi connectivity index (χ1) is 12.0. The molecule has 1 aromatic rings. The van der Waals surface area contributed by atoms with Gasteiger partial charge in [0.15, 0.2) is 17.3 Å². The summed E-state index contributed by atoms with van der Waals surface area (Å²) in [4.78, 5) is 26.9. The van der Waals surface area contributed by atoms with Crippen molar-refractivity contribution in [1.82, 2.24) is 4.90 Å². The standard InChI is InChI=1S/C20H27NO4/c1-14(2)3-6-19(22)21-9-7-15(8-10-21)20(23)16-4-5-17-18(13-16)25-12-11-24-17/h4-5,13-15H,3,6-12H2,1-2H3. The van der Waals surface area contributed by atoms with Crippen molar-refractivity contribution in [3.8, 4) is 11.5 Å². The van der Waals surface area contributed by atoms with Crippen LogP contribution in [-0.2, 0) is 4.79 Å². The van der Waals surface area contributed by atoms with Gasteiger partial charge in [0.1, 0.15) is 13.2 Å². The summed E-state index contributed by atoms with van der Waals surface area (Å²) in [5.41, 5.74) is 0.675. The van der Waals surface area contributed by atoms with E-state index in [-0.39, 0.29) is 17.6 Å². The van der Waals surface area contributed by atoms with Crippen molar-refractivity contribution in [2.45, 2.75) is 39.5 Å². The van der Waals surface area contributed by atoms with Crippen LogP contribution in [0.25, 0.3) is 0 Å². The first-order valence-corrected chi connectivity index (χ1v) is 9.26. The van der Waals surface area contributed by atoms with Gasteiger partial charge in [-0.3, -0.25) is 9.59 Å². The fourth-order valence-corrected chi connectivity index (χ4v) is 3.39. The minimum absolute atomic E-state index is 0.0169. The van der Waals surface area contributed by atoms with Crippen molar-refractivity contribution in [3.05, 3.63) is 23.8 Å². The second kappa shape index (κ2) is 7.89. The van der Waals surface area contributed by atoms with E-state index in [2.05, 4.69) is 13.8 Å². The number of ether oxygens (including phenoxy) is 2. The van der Waals surface area contributed by atoms with Gasteiger partial charge in [-0.1, -0.05) is 13.8 Å². The van der Waals surface area contributed by atoms with Gasteiger partial charge in [-0.15, -0.1) is 0 Å². The highest BCUT2D eigenvalue weighted by molar-refractivity contribution is 5.98. The second-order valence-corrected chi connectivity index (χ2v) is 7.31. The van der Waals surface area contributed by atoms with E-state index >= 15 is 0 Å². The summed E-state index contributed by atoms with van der Waals surface area (Å²) < 4.78 is 11.1. The summed E-state index contributed by atoms with van der Waals surface area (Å²) in [6, 6.07) is 5.42. The number of hydrogen-bond donors (Lipinski definition) is 0. The smallest absolute Gasteiger partial charge is 0.222 e. The Bertz CT molecular complexity index is 633. The van der Waals surface area contributed by atoms with Crippen molar-refractivity contribution >= 4 is 11.7 Å². The fraction of sp³-hybridized carbons (Fsp3) is 0.600. The summed E-state index contributed by atoms with van der Waals surface area (Å²) in [7, 11) is 0. The van der Waals surface area contributed by atoms with E-state index in [1.165, 1.54) is 0 Å². The molecule has 5 heteroatoms. The van der Waals surface area contributed by atoms with E-state index in [0.717, 1.165) is 19.3 Å². The van der Waals surface area contributed by atoms with Crippen molar-refractivity contribution in [3.63, 3.8) is 0 Å². The van der Waals surface area contributed by atoms with Crippen molar-refractivity contribution in [2.75, 3.05) is 26.3 Å². The van der Waals surface area contributed by atoms with Crippen LogP contribution in [-0.4, -0.2) is 42.9 Å². The van der Waals surface area contributed by atoms with Crippen LogP contribution in [0, 0.1) is 11.8 Å². The van der Waals surface area contributed by atoms with E-state index in [0.29, 0.717) is 55.7 Å². The topological polar surface area (TPSA) is 55.8 Å². The molecule has 25 heavy (non-hydrogen) atoms. The quantitative estimate of drug-likeness (QED) is 0.768. The molecule has 3 rings (SSSR count). The fourth-order valence-electron chi connectivity index (χ4n) is 3.39. The Kier molecular flexibility index (Phi) is 5.61. The predicted molar refractivity (Wildman–Crippen MR) is 95.1 cm³/mol. The zero-order valence-corrected chi connectivity index (χ0v) is 15.1. The molecule has 1 fully saturated rings. The Labute approximate surface area is 149 Å². The third kappa shape index (κ3) is 4.33. The Morgan fingerprint density at radius 3 is 2.48 bits per heavy atom. The van der Waals surface area contributed by atoms with Crippen molar-refractivity contribution in [1.29, 1.82) is 0 Å². The molecule has 1 saturated heterocycles. The van der Waals surface area contributed by atoms with E-state index in [9.17, 15) is 9.59 Å². The zero-order valence-electron chi connectivity index (χ0n) is 15.1. The van der Waals surface area contributed by atoms with E-state index in [4.69, 9.17) is 9.47 Å². The number of amides is 1. The molecule has 2 heterocycles. The molecule has 2 aliphatic heterocycles. The van der Waals surface area contributed by atoms with Gasteiger partial charge in [0.05, 0.1) is 0 Å². The minimum atomic E-state index is -0.0169. The number of carbonyl (C=O) groups is 2. The van der Waals surface area contributed by atoms with Gasteiger partial charge >= 0.3 is 0 Å². The molecule has 0 unspecified atom stereocenters. The first kappa shape index (κ1) is 17.8. The molecular weight excluding hydrogens is 318 g/mol. The number of likely N-dealkylation sites (tertiary alicyclic amines) is 1. The normalized spacial score (nSPS) is 17.6. The molecule has 0 aromatic heterocycles. The van der Waals surface area contributed by atoms with Crippen LogP contribution in [0.4, 0.5) is 0 Å². The molecule has 0 aliphatic carbocycles. The molecule has 0 saturated carbocycles. The Morgan fingerprint density at radius 2 is 1.80 bits per heavy atom. The lowest BCUT2D eigenvalue weighted by Gasteiger charge is -2.31. The molecule has 1 aromatic carbocycles. The molecule has 5 nitrogen and oxygen atoms in total. The maximum Gasteiger partial charge on any atom is 0.222 e. The van der Waals surface area contributed by atoms with E-state index in [1.54, 1.807) is 6.07 Å². The van der Waals surface area contributed by atoms with Gasteiger partial charge in [0.2, 0.25) is 5.91 Å². The summed E-state index contributed by atoms with van der Waals surface area (Å²) in [6.45, 7) is 6.68. The number of nitrogens with zero attached hydrogens (tertiary/aromatic N) is 1. The van der Waals surface area contributed by atoms with Crippen LogP contribution in [0.2, 0.25) is 0 Å². The van der Waals surface area contributed by atoms with Crippen molar-refractivity contribution in [2.24, 2.45) is 11.8 Å². The van der Waals surface area contributed by atoms with Gasteiger partial charge < -0.3 is 14.4 Å². The van der Waals surface area contributed by atoms with Crippen molar-refractivity contribution < 1.29 is 19.1 Å². The van der Waals surface area contributed by atoms with Crippen LogP contribution in [0.1, 0.15) is 49.9 Å². The average molecular weight is 345 g/mol. The van der Waals surface area contributed by atoms with Gasteiger partial charge in [-0.2, -0.15) is 0 Å². The highest BCUT2D eigenvalue weighted by Crippen LogP contribution is 2.32. The lowest BCUT2D eigenvalue weighted by atomic mass is 9.88. The largest absolute Gasteiger partial charge is 0.486 e. The minimum Gasteiger partial charge on any atom is -0.486 e. The first-order valence-electron chi connectivity index (χ1n) is 9.26. The van der Waals surface area contributed by atoms with Crippen LogP contribution >= 0.6 is 0 Å². The Morgan fingerprint density at radius 1 is 1.12 bits per heavy atom. The SMILES string of the molecule is CC(C)CCC(=O)N1CCC(C(=O)c2ccc3c(c2)OCCO3)CC1. The van der Waals surface area contributed by atoms with Gasteiger partial charge in [-0.25, -0.2) is 0 Å². The Balaban J connectivity index is 1.56. The van der Waals surface area contributed by atoms with Crippen LogP contribution in [0.3, 0.4) is 0 Å². The van der Waals surface area contributed by atoms with Gasteiger partial charge in [-0.05, 0) is 43.4 Å². The number of hydrogen-bond acceptors (Lipinski definition) is 4. The predicted octanol–water partition coefficient (Wildman–Crippen LogP) is 3.32. The Hall–Kier alpha value is -2.04. The number of benzene rings is 1. The van der Waals surface area contributed by atoms with Crippen LogP contribution in [0.15, 0.2) is 18.2 Å². The number of Topliss-reactive ketones (excluding diaryl/α,β-unsaturated/α-hetero) is 1. The van der Waals surface area contributed by atoms with Crippen LogP contribution in [0.5, 0.6) is 11.5 Å². The number of ketones is 1. The second-order valence-electron chi connectivity index (χ2n) is 7.31. The maximum atomic E-state index is 12.8. The molecule has 0 N–H and O–H groups in total. The molecule has 0 radical (unpaired) electrons. The van der Waals surface area contributed by atoms with E-state index in [1.807, 2.05) is 17.0 Å². The number of rotatable bonds is 5. The molecule has 0 atom stereocenters. The molecule has 0 spiro atoms. The zero-order chi connectivity index (χ0) is 17.8. The molecule has 136 valence electrons. The monoisotopic (exact) mass is 345 g/mol. The van der Waals surface area contributed by atoms with E-state index < -0.39 is 0 Å². The molecular formula is C20H27NO4. The molecule has 1 amide bonds. The third-order valence-corrected chi connectivity index (χ3v) is 4.98. The molecule has 2 aliphatic rings.